The molecule has 1 atom stereocenters. The summed E-state index contributed by atoms with van der Waals surface area (Å²) >= 11 is 0. The van der Waals surface area contributed by atoms with Crippen LogP contribution in [0.25, 0.3) is 0 Å². The zero-order valence-electron chi connectivity index (χ0n) is 12.5. The van der Waals surface area contributed by atoms with Gasteiger partial charge in [0.1, 0.15) is 11.5 Å². The van der Waals surface area contributed by atoms with Gasteiger partial charge in [0.25, 0.3) is 0 Å². The molecule has 1 rings (SSSR count). The van der Waals surface area contributed by atoms with Gasteiger partial charge in [-0.1, -0.05) is 13.8 Å². The number of hydrogen-bond acceptors (Lipinski definition) is 4. The summed E-state index contributed by atoms with van der Waals surface area (Å²) in [4.78, 5) is 12.8. The molecule has 0 heterocycles. The lowest BCUT2D eigenvalue weighted by Crippen LogP contribution is -2.35. The van der Waals surface area contributed by atoms with Crippen molar-refractivity contribution in [3.05, 3.63) is 23.8 Å². The van der Waals surface area contributed by atoms with Gasteiger partial charge >= 0.3 is 5.97 Å². The molecule has 1 aromatic carbocycles. The highest BCUT2D eigenvalue weighted by atomic mass is 16.5. The minimum Gasteiger partial charge on any atom is -0.508 e. The van der Waals surface area contributed by atoms with Crippen molar-refractivity contribution < 1.29 is 19.7 Å². The number of methoxy groups -OCH3 is 1. The Morgan fingerprint density at radius 3 is 2.50 bits per heavy atom. The molecule has 0 saturated carbocycles. The van der Waals surface area contributed by atoms with Gasteiger partial charge < -0.3 is 14.9 Å². The number of aliphatic carboxylic acids is 1. The Bertz CT molecular complexity index is 459. The SMILES string of the molecule is COc1ccc(O)c(C(C)N(CC(=O)O)CC(C)C)c1. The van der Waals surface area contributed by atoms with Crippen LogP contribution in [0.1, 0.15) is 32.4 Å². The van der Waals surface area contributed by atoms with Crippen LogP contribution in [0.4, 0.5) is 0 Å². The van der Waals surface area contributed by atoms with E-state index in [2.05, 4.69) is 0 Å². The molecule has 0 aliphatic heterocycles. The molecule has 0 saturated heterocycles. The summed E-state index contributed by atoms with van der Waals surface area (Å²) in [5.74, 6) is 0.256. The molecule has 1 unspecified atom stereocenters. The van der Waals surface area contributed by atoms with E-state index < -0.39 is 5.97 Å². The van der Waals surface area contributed by atoms with E-state index in [4.69, 9.17) is 9.84 Å². The van der Waals surface area contributed by atoms with Gasteiger partial charge in [0, 0.05) is 18.2 Å². The average Bonchev–Trinajstić information content (AvgIpc) is 2.36. The number of carboxylic acid groups (broad SMARTS) is 1. The van der Waals surface area contributed by atoms with E-state index in [1.54, 1.807) is 25.3 Å². The van der Waals surface area contributed by atoms with Gasteiger partial charge in [0.15, 0.2) is 0 Å². The third-order valence-electron chi connectivity index (χ3n) is 3.17. The molecule has 1 aromatic rings. The van der Waals surface area contributed by atoms with E-state index in [-0.39, 0.29) is 18.3 Å². The summed E-state index contributed by atoms with van der Waals surface area (Å²) in [7, 11) is 1.56. The van der Waals surface area contributed by atoms with Crippen molar-refractivity contribution in [2.45, 2.75) is 26.8 Å². The molecule has 0 aliphatic carbocycles. The van der Waals surface area contributed by atoms with Crippen LogP contribution in [0.5, 0.6) is 11.5 Å². The van der Waals surface area contributed by atoms with Gasteiger partial charge in [-0.2, -0.15) is 0 Å². The summed E-state index contributed by atoms with van der Waals surface area (Å²) in [6.07, 6.45) is 0. The number of nitrogens with zero attached hydrogens (tertiary/aromatic N) is 1. The van der Waals surface area contributed by atoms with Crippen LogP contribution in [0.2, 0.25) is 0 Å². The number of benzene rings is 1. The molecule has 2 N–H and O–H groups in total. The quantitative estimate of drug-likeness (QED) is 0.803. The Labute approximate surface area is 119 Å². The smallest absolute Gasteiger partial charge is 0.317 e. The lowest BCUT2D eigenvalue weighted by molar-refractivity contribution is -0.139. The minimum atomic E-state index is -0.875. The molecule has 20 heavy (non-hydrogen) atoms. The average molecular weight is 281 g/mol. The van der Waals surface area contributed by atoms with Crippen molar-refractivity contribution >= 4 is 5.97 Å². The first kappa shape index (κ1) is 16.3. The molecule has 112 valence electrons. The van der Waals surface area contributed by atoms with Crippen molar-refractivity contribution in [1.82, 2.24) is 4.90 Å². The van der Waals surface area contributed by atoms with Gasteiger partial charge in [-0.15, -0.1) is 0 Å². The molecule has 0 aliphatic rings. The third-order valence-corrected chi connectivity index (χ3v) is 3.17. The largest absolute Gasteiger partial charge is 0.508 e. The van der Waals surface area contributed by atoms with E-state index in [0.717, 1.165) is 0 Å². The Morgan fingerprint density at radius 2 is 2.00 bits per heavy atom. The predicted octanol–water partition coefficient (Wildman–Crippen LogP) is 2.50. The lowest BCUT2D eigenvalue weighted by atomic mass is 10.0. The normalized spacial score (nSPS) is 12.7. The molecule has 5 heteroatoms. The van der Waals surface area contributed by atoms with E-state index in [1.165, 1.54) is 0 Å². The van der Waals surface area contributed by atoms with E-state index in [9.17, 15) is 9.90 Å². The number of phenolic OH excluding ortho intramolecular Hbond substituents is 1. The maximum absolute atomic E-state index is 11.0. The second kappa shape index (κ2) is 7.14. The highest BCUT2D eigenvalue weighted by Gasteiger charge is 2.22. The molecule has 5 nitrogen and oxygen atoms in total. The summed E-state index contributed by atoms with van der Waals surface area (Å²) in [6, 6.07) is 4.78. The molecular formula is C15H23NO4. The molecule has 0 radical (unpaired) electrons. The predicted molar refractivity (Wildman–Crippen MR) is 77.1 cm³/mol. The van der Waals surface area contributed by atoms with Gasteiger partial charge in [-0.3, -0.25) is 9.69 Å². The molecule has 0 aromatic heterocycles. The van der Waals surface area contributed by atoms with Crippen LogP contribution in [-0.2, 0) is 4.79 Å². The first-order chi connectivity index (χ1) is 9.35. The van der Waals surface area contributed by atoms with Crippen LogP contribution in [0.15, 0.2) is 18.2 Å². The molecule has 0 bridgehead atoms. The van der Waals surface area contributed by atoms with Crippen molar-refractivity contribution in [2.75, 3.05) is 20.2 Å². The van der Waals surface area contributed by atoms with Crippen molar-refractivity contribution in [3.8, 4) is 11.5 Å². The first-order valence-corrected chi connectivity index (χ1v) is 6.67. The number of phenols is 1. The van der Waals surface area contributed by atoms with Crippen LogP contribution in [-0.4, -0.2) is 41.3 Å². The van der Waals surface area contributed by atoms with Gasteiger partial charge in [0.2, 0.25) is 0 Å². The summed E-state index contributed by atoms with van der Waals surface area (Å²) in [5.41, 5.74) is 0.672. The molecule has 0 fully saturated rings. The topological polar surface area (TPSA) is 70.0 Å². The van der Waals surface area contributed by atoms with Crippen LogP contribution in [0.3, 0.4) is 0 Å². The molecular weight excluding hydrogens is 258 g/mol. The Hall–Kier alpha value is -1.75. The molecule has 0 amide bonds. The summed E-state index contributed by atoms with van der Waals surface area (Å²) in [6.45, 7) is 6.54. The second-order valence-corrected chi connectivity index (χ2v) is 5.32. The van der Waals surface area contributed by atoms with Crippen LogP contribution < -0.4 is 4.74 Å². The van der Waals surface area contributed by atoms with Gasteiger partial charge in [0.05, 0.1) is 13.7 Å². The standard InChI is InChI=1S/C15H23NO4/c1-10(2)8-16(9-15(18)19)11(3)13-7-12(20-4)5-6-14(13)17/h5-7,10-11,17H,8-9H2,1-4H3,(H,18,19). The monoisotopic (exact) mass is 281 g/mol. The fourth-order valence-corrected chi connectivity index (χ4v) is 2.19. The zero-order chi connectivity index (χ0) is 15.3. The lowest BCUT2D eigenvalue weighted by Gasteiger charge is -2.30. The van der Waals surface area contributed by atoms with E-state index in [1.807, 2.05) is 25.7 Å². The van der Waals surface area contributed by atoms with E-state index in [0.29, 0.717) is 23.8 Å². The Balaban J connectivity index is 3.03. The number of hydrogen-bond donors (Lipinski definition) is 2. The van der Waals surface area contributed by atoms with Crippen molar-refractivity contribution in [2.24, 2.45) is 5.92 Å². The van der Waals surface area contributed by atoms with Crippen molar-refractivity contribution in [1.29, 1.82) is 0 Å². The maximum Gasteiger partial charge on any atom is 0.317 e. The second-order valence-electron chi connectivity index (χ2n) is 5.32. The van der Waals surface area contributed by atoms with E-state index >= 15 is 0 Å². The highest BCUT2D eigenvalue weighted by molar-refractivity contribution is 5.69. The number of aromatic hydroxyl groups is 1. The summed E-state index contributed by atoms with van der Waals surface area (Å²) < 4.78 is 5.16. The fourth-order valence-electron chi connectivity index (χ4n) is 2.19. The molecule has 0 spiro atoms. The van der Waals surface area contributed by atoms with Crippen LogP contribution in [0, 0.1) is 5.92 Å². The minimum absolute atomic E-state index is 0.0595. The number of carbonyl (C=O) groups is 1. The van der Waals surface area contributed by atoms with Crippen molar-refractivity contribution in [3.63, 3.8) is 0 Å². The number of rotatable bonds is 7. The summed E-state index contributed by atoms with van der Waals surface area (Å²) in [5, 5.41) is 19.0. The number of ether oxygens (including phenoxy) is 1. The Morgan fingerprint density at radius 1 is 1.35 bits per heavy atom. The highest BCUT2D eigenvalue weighted by Crippen LogP contribution is 2.32. The zero-order valence-corrected chi connectivity index (χ0v) is 12.5. The van der Waals surface area contributed by atoms with Gasteiger partial charge in [-0.25, -0.2) is 0 Å². The van der Waals surface area contributed by atoms with Gasteiger partial charge in [-0.05, 0) is 31.0 Å². The first-order valence-electron chi connectivity index (χ1n) is 6.67. The fraction of sp³-hybridized carbons (Fsp3) is 0.533. The third kappa shape index (κ3) is 4.42. The Kier molecular flexibility index (Phi) is 5.82. The number of carboxylic acids is 1. The maximum atomic E-state index is 11.0. The van der Waals surface area contributed by atoms with Crippen LogP contribution >= 0.6 is 0 Å².